The van der Waals surface area contributed by atoms with E-state index in [2.05, 4.69) is 0 Å². The molecule has 0 aliphatic carbocycles. The number of carbonyl (C=O) groups is 2. The second-order valence-electron chi connectivity index (χ2n) is 6.16. The first-order chi connectivity index (χ1) is 11.9. The molecule has 0 saturated carbocycles. The summed E-state index contributed by atoms with van der Waals surface area (Å²) < 4.78 is 26.7. The summed E-state index contributed by atoms with van der Waals surface area (Å²) in [6.45, 7) is 1.80. The quantitative estimate of drug-likeness (QED) is 0.767. The number of hydrogen-bond donors (Lipinski definition) is 0. The third kappa shape index (κ3) is 3.96. The van der Waals surface area contributed by atoms with E-state index in [9.17, 15) is 18.0 Å². The van der Waals surface area contributed by atoms with Gasteiger partial charge in [-0.15, -0.1) is 0 Å². The van der Waals surface area contributed by atoms with Crippen molar-refractivity contribution < 1.29 is 18.0 Å². The minimum Gasteiger partial charge on any atom is -0.339 e. The number of halogens is 1. The van der Waals surface area contributed by atoms with Crippen LogP contribution in [0, 0.1) is 0 Å². The van der Waals surface area contributed by atoms with Crippen molar-refractivity contribution in [1.82, 2.24) is 14.1 Å². The molecule has 1 aromatic rings. The molecule has 2 aliphatic rings. The topological polar surface area (TPSA) is 78.0 Å². The molecule has 7 nitrogen and oxygen atoms in total. The van der Waals surface area contributed by atoms with Crippen molar-refractivity contribution in [2.45, 2.75) is 17.7 Å². The van der Waals surface area contributed by atoms with Crippen LogP contribution in [0.1, 0.15) is 12.8 Å². The van der Waals surface area contributed by atoms with E-state index >= 15 is 0 Å². The first-order valence-electron chi connectivity index (χ1n) is 8.19. The monoisotopic (exact) mass is 385 g/mol. The van der Waals surface area contributed by atoms with Gasteiger partial charge in [0.15, 0.2) is 0 Å². The van der Waals surface area contributed by atoms with Gasteiger partial charge in [-0.1, -0.05) is 17.7 Å². The van der Waals surface area contributed by atoms with Crippen LogP contribution >= 0.6 is 11.6 Å². The summed E-state index contributed by atoms with van der Waals surface area (Å²) in [6, 6.07) is 6.16. The van der Waals surface area contributed by atoms with Crippen molar-refractivity contribution in [3.8, 4) is 0 Å². The highest BCUT2D eigenvalue weighted by Gasteiger charge is 2.31. The third-order valence-electron chi connectivity index (χ3n) is 4.52. The van der Waals surface area contributed by atoms with E-state index in [0.717, 1.165) is 6.42 Å². The molecule has 2 aliphatic heterocycles. The van der Waals surface area contributed by atoms with Crippen LogP contribution in [0.4, 0.5) is 0 Å². The van der Waals surface area contributed by atoms with Crippen molar-refractivity contribution in [2.75, 3.05) is 39.3 Å². The van der Waals surface area contributed by atoms with E-state index in [1.54, 1.807) is 21.9 Å². The van der Waals surface area contributed by atoms with Gasteiger partial charge in [-0.3, -0.25) is 9.59 Å². The van der Waals surface area contributed by atoms with Gasteiger partial charge in [0.1, 0.15) is 0 Å². The average molecular weight is 386 g/mol. The Balaban J connectivity index is 1.59. The number of hydrogen-bond acceptors (Lipinski definition) is 4. The molecular formula is C16H20ClN3O4S. The fourth-order valence-electron chi connectivity index (χ4n) is 3.09. The molecule has 0 unspecified atom stereocenters. The fourth-order valence-corrected chi connectivity index (χ4v) is 4.81. The second-order valence-corrected chi connectivity index (χ2v) is 8.54. The molecule has 1 aromatic carbocycles. The maximum Gasteiger partial charge on any atom is 0.243 e. The van der Waals surface area contributed by atoms with Crippen LogP contribution in [-0.2, 0) is 19.6 Å². The maximum absolute atomic E-state index is 12.6. The molecule has 0 N–H and O–H groups in total. The van der Waals surface area contributed by atoms with Gasteiger partial charge in [0.25, 0.3) is 0 Å². The lowest BCUT2D eigenvalue weighted by molar-refractivity contribution is -0.139. The van der Waals surface area contributed by atoms with Gasteiger partial charge in [0.2, 0.25) is 21.8 Å². The molecule has 9 heteroatoms. The van der Waals surface area contributed by atoms with Crippen LogP contribution in [0.15, 0.2) is 29.2 Å². The van der Waals surface area contributed by atoms with E-state index in [0.29, 0.717) is 31.1 Å². The highest BCUT2D eigenvalue weighted by molar-refractivity contribution is 7.89. The molecule has 2 heterocycles. The lowest BCUT2D eigenvalue weighted by Gasteiger charge is -2.34. The number of benzene rings is 1. The molecular weight excluding hydrogens is 366 g/mol. The van der Waals surface area contributed by atoms with Gasteiger partial charge in [0, 0.05) is 44.2 Å². The van der Waals surface area contributed by atoms with E-state index in [4.69, 9.17) is 11.6 Å². The minimum absolute atomic E-state index is 0.00974. The van der Waals surface area contributed by atoms with Gasteiger partial charge in [-0.25, -0.2) is 8.42 Å². The standard InChI is InChI=1S/C16H20ClN3O4S/c17-13-3-1-4-14(11-13)25(23,24)20-9-7-18(8-10-20)16(22)12-19-6-2-5-15(19)21/h1,3-4,11H,2,5-10,12H2. The van der Waals surface area contributed by atoms with E-state index < -0.39 is 10.0 Å². The Hall–Kier alpha value is -1.64. The van der Waals surface area contributed by atoms with Crippen LogP contribution in [0.25, 0.3) is 0 Å². The Kier molecular flexibility index (Phi) is 5.31. The zero-order valence-corrected chi connectivity index (χ0v) is 15.3. The van der Waals surface area contributed by atoms with Crippen molar-refractivity contribution in [3.63, 3.8) is 0 Å². The predicted molar refractivity (Wildman–Crippen MR) is 92.6 cm³/mol. The summed E-state index contributed by atoms with van der Waals surface area (Å²) in [4.78, 5) is 27.3. The van der Waals surface area contributed by atoms with Gasteiger partial charge in [-0.05, 0) is 24.6 Å². The fraction of sp³-hybridized carbons (Fsp3) is 0.500. The molecule has 2 fully saturated rings. The predicted octanol–water partition coefficient (Wildman–Crippen LogP) is 0.795. The summed E-state index contributed by atoms with van der Waals surface area (Å²) in [6.07, 6.45) is 1.29. The highest BCUT2D eigenvalue weighted by Crippen LogP contribution is 2.21. The first-order valence-corrected chi connectivity index (χ1v) is 10.0. The van der Waals surface area contributed by atoms with Crippen molar-refractivity contribution in [2.24, 2.45) is 0 Å². The Labute approximate surface area is 152 Å². The number of amides is 2. The number of rotatable bonds is 4. The normalized spacial score (nSPS) is 19.5. The molecule has 0 bridgehead atoms. The largest absolute Gasteiger partial charge is 0.339 e. The van der Waals surface area contributed by atoms with Crippen molar-refractivity contribution in [1.29, 1.82) is 0 Å². The summed E-state index contributed by atoms with van der Waals surface area (Å²) in [5.41, 5.74) is 0. The van der Waals surface area contributed by atoms with E-state index in [-0.39, 0.29) is 36.3 Å². The summed E-state index contributed by atoms with van der Waals surface area (Å²) in [7, 11) is -3.62. The van der Waals surface area contributed by atoms with Crippen LogP contribution in [0.5, 0.6) is 0 Å². The second kappa shape index (κ2) is 7.31. The zero-order chi connectivity index (χ0) is 18.0. The Morgan fingerprint density at radius 1 is 1.12 bits per heavy atom. The summed E-state index contributed by atoms with van der Waals surface area (Å²) in [5, 5.41) is 0.366. The number of likely N-dealkylation sites (tertiary alicyclic amines) is 1. The number of nitrogens with zero attached hydrogens (tertiary/aromatic N) is 3. The lowest BCUT2D eigenvalue weighted by atomic mass is 10.3. The van der Waals surface area contributed by atoms with Crippen molar-refractivity contribution >= 4 is 33.4 Å². The Bertz CT molecular complexity index is 775. The molecule has 2 amide bonds. The lowest BCUT2D eigenvalue weighted by Crippen LogP contribution is -2.52. The third-order valence-corrected chi connectivity index (χ3v) is 6.65. The number of carbonyl (C=O) groups excluding carboxylic acids is 2. The van der Waals surface area contributed by atoms with Crippen LogP contribution in [-0.4, -0.2) is 73.6 Å². The minimum atomic E-state index is -3.62. The maximum atomic E-state index is 12.6. The molecule has 25 heavy (non-hydrogen) atoms. The molecule has 0 radical (unpaired) electrons. The number of piperazine rings is 1. The molecule has 0 aromatic heterocycles. The van der Waals surface area contributed by atoms with Crippen molar-refractivity contribution in [3.05, 3.63) is 29.3 Å². The van der Waals surface area contributed by atoms with E-state index in [1.165, 1.54) is 16.4 Å². The van der Waals surface area contributed by atoms with Gasteiger partial charge in [-0.2, -0.15) is 4.31 Å². The molecule has 0 atom stereocenters. The Morgan fingerprint density at radius 3 is 2.44 bits per heavy atom. The SMILES string of the molecule is O=C(CN1CCCC1=O)N1CCN(S(=O)(=O)c2cccc(Cl)c2)CC1. The van der Waals surface area contributed by atoms with Crippen LogP contribution in [0.3, 0.4) is 0 Å². The van der Waals surface area contributed by atoms with E-state index in [1.807, 2.05) is 0 Å². The summed E-state index contributed by atoms with van der Waals surface area (Å²) >= 11 is 5.88. The molecule has 0 spiro atoms. The van der Waals surface area contributed by atoms with Gasteiger partial charge >= 0.3 is 0 Å². The smallest absolute Gasteiger partial charge is 0.243 e. The molecule has 136 valence electrons. The van der Waals surface area contributed by atoms with Crippen LogP contribution in [0.2, 0.25) is 5.02 Å². The molecule has 3 rings (SSSR count). The molecule has 2 saturated heterocycles. The highest BCUT2D eigenvalue weighted by atomic mass is 35.5. The number of sulfonamides is 1. The Morgan fingerprint density at radius 2 is 1.84 bits per heavy atom. The zero-order valence-electron chi connectivity index (χ0n) is 13.7. The average Bonchev–Trinajstić information content (AvgIpc) is 3.00. The summed E-state index contributed by atoms with van der Waals surface area (Å²) in [5.74, 6) is -0.120. The van der Waals surface area contributed by atoms with Gasteiger partial charge < -0.3 is 9.80 Å². The first kappa shape index (κ1) is 18.2. The van der Waals surface area contributed by atoms with Crippen LogP contribution < -0.4 is 0 Å². The van der Waals surface area contributed by atoms with Gasteiger partial charge in [0.05, 0.1) is 11.4 Å².